The molecule has 0 aliphatic carbocycles. The molecule has 0 radical (unpaired) electrons. The molecule has 0 spiro atoms. The maximum absolute atomic E-state index is 12.0. The van der Waals surface area contributed by atoms with Gasteiger partial charge in [-0.3, -0.25) is 4.79 Å². The number of nitrogens with one attached hydrogen (secondary N) is 2. The fraction of sp³-hybridized carbons (Fsp3) is 0.0588. The van der Waals surface area contributed by atoms with Crippen molar-refractivity contribution in [1.29, 1.82) is 5.26 Å². The molecule has 0 unspecified atom stereocenters. The Balaban J connectivity index is 2.07. The number of halogens is 1. The Morgan fingerprint density at radius 3 is 2.55 bits per heavy atom. The number of rotatable bonds is 4. The van der Waals surface area contributed by atoms with Crippen LogP contribution in [-0.2, 0) is 4.79 Å². The van der Waals surface area contributed by atoms with Gasteiger partial charge in [0.15, 0.2) is 0 Å². The highest BCUT2D eigenvalue weighted by Gasteiger charge is 2.09. The lowest BCUT2D eigenvalue weighted by Gasteiger charge is -2.05. The molecule has 0 saturated heterocycles. The van der Waals surface area contributed by atoms with Crippen molar-refractivity contribution in [3.8, 4) is 6.07 Å². The van der Waals surface area contributed by atoms with E-state index in [4.69, 9.17) is 16.9 Å². The average Bonchev–Trinajstić information content (AvgIpc) is 2.50. The highest BCUT2D eigenvalue weighted by atomic mass is 35.5. The van der Waals surface area contributed by atoms with Crippen molar-refractivity contribution in [1.82, 2.24) is 0 Å². The van der Waals surface area contributed by atoms with Gasteiger partial charge in [0.1, 0.15) is 11.6 Å². The van der Waals surface area contributed by atoms with Crippen LogP contribution in [0.15, 0.2) is 60.3 Å². The van der Waals surface area contributed by atoms with Gasteiger partial charge in [-0.15, -0.1) is 0 Å². The molecule has 5 heteroatoms. The van der Waals surface area contributed by atoms with Gasteiger partial charge in [0, 0.05) is 22.6 Å². The van der Waals surface area contributed by atoms with Crippen molar-refractivity contribution in [2.24, 2.45) is 0 Å². The van der Waals surface area contributed by atoms with Crippen LogP contribution in [0.2, 0.25) is 5.02 Å². The molecule has 22 heavy (non-hydrogen) atoms. The number of nitriles is 1. The second-order valence-electron chi connectivity index (χ2n) is 4.64. The van der Waals surface area contributed by atoms with Gasteiger partial charge in [-0.1, -0.05) is 35.4 Å². The molecule has 0 aromatic heterocycles. The van der Waals surface area contributed by atoms with E-state index in [1.807, 2.05) is 25.1 Å². The first-order valence-corrected chi connectivity index (χ1v) is 6.96. The lowest BCUT2D eigenvalue weighted by Crippen LogP contribution is -2.14. The monoisotopic (exact) mass is 311 g/mol. The van der Waals surface area contributed by atoms with E-state index in [0.29, 0.717) is 16.4 Å². The summed E-state index contributed by atoms with van der Waals surface area (Å²) in [6.07, 6.45) is 1.36. The predicted molar refractivity (Wildman–Crippen MR) is 88.6 cm³/mol. The number of amides is 1. The van der Waals surface area contributed by atoms with Crippen molar-refractivity contribution in [2.45, 2.75) is 6.92 Å². The summed E-state index contributed by atoms with van der Waals surface area (Å²) in [7, 11) is 0. The molecule has 0 aliphatic rings. The molecule has 2 N–H and O–H groups in total. The predicted octanol–water partition coefficient (Wildman–Crippen LogP) is 4.11. The average molecular weight is 312 g/mol. The normalized spacial score (nSPS) is 10.7. The summed E-state index contributed by atoms with van der Waals surface area (Å²) in [6.45, 7) is 1.96. The highest BCUT2D eigenvalue weighted by molar-refractivity contribution is 6.30. The molecule has 0 heterocycles. The molecule has 0 bridgehead atoms. The molecule has 110 valence electrons. The van der Waals surface area contributed by atoms with E-state index in [2.05, 4.69) is 10.6 Å². The summed E-state index contributed by atoms with van der Waals surface area (Å²) < 4.78 is 0. The first kappa shape index (κ1) is 15.6. The number of aryl methyl sites for hydroxylation is 1. The van der Waals surface area contributed by atoms with Crippen LogP contribution in [0.3, 0.4) is 0 Å². The zero-order valence-corrected chi connectivity index (χ0v) is 12.7. The Hall–Kier alpha value is -2.77. The first-order valence-electron chi connectivity index (χ1n) is 6.59. The van der Waals surface area contributed by atoms with Crippen LogP contribution in [0.1, 0.15) is 5.56 Å². The Labute approximate surface area is 134 Å². The minimum atomic E-state index is -0.471. The number of carbonyl (C=O) groups excluding carboxylic acids is 1. The second-order valence-corrected chi connectivity index (χ2v) is 5.08. The number of carbonyl (C=O) groups is 1. The molecule has 2 aromatic carbocycles. The molecule has 1 amide bonds. The van der Waals surface area contributed by atoms with Gasteiger partial charge in [0.05, 0.1) is 0 Å². The lowest BCUT2D eigenvalue weighted by molar-refractivity contribution is -0.112. The fourth-order valence-corrected chi connectivity index (χ4v) is 1.91. The van der Waals surface area contributed by atoms with Crippen molar-refractivity contribution in [2.75, 3.05) is 10.6 Å². The molecular formula is C17H14ClN3O. The Morgan fingerprint density at radius 1 is 1.18 bits per heavy atom. The fourth-order valence-electron chi connectivity index (χ4n) is 1.72. The maximum atomic E-state index is 12.0. The van der Waals surface area contributed by atoms with Crippen LogP contribution >= 0.6 is 11.6 Å². The van der Waals surface area contributed by atoms with Gasteiger partial charge in [-0.2, -0.15) is 5.26 Å². The van der Waals surface area contributed by atoms with Gasteiger partial charge in [0.2, 0.25) is 0 Å². The Bertz CT molecular complexity index is 745. The first-order chi connectivity index (χ1) is 10.6. The van der Waals surface area contributed by atoms with Crippen LogP contribution in [0.25, 0.3) is 0 Å². The van der Waals surface area contributed by atoms with Crippen LogP contribution in [-0.4, -0.2) is 5.91 Å². The number of nitrogens with zero attached hydrogens (tertiary/aromatic N) is 1. The summed E-state index contributed by atoms with van der Waals surface area (Å²) in [5.74, 6) is -0.471. The zero-order valence-electron chi connectivity index (χ0n) is 11.9. The summed E-state index contributed by atoms with van der Waals surface area (Å²) in [4.78, 5) is 12.0. The molecule has 4 nitrogen and oxygen atoms in total. The number of hydrogen-bond acceptors (Lipinski definition) is 3. The van der Waals surface area contributed by atoms with E-state index in [0.717, 1.165) is 5.56 Å². The maximum Gasteiger partial charge on any atom is 0.267 e. The van der Waals surface area contributed by atoms with E-state index in [-0.39, 0.29) is 5.57 Å². The Morgan fingerprint density at radius 2 is 1.91 bits per heavy atom. The quantitative estimate of drug-likeness (QED) is 0.660. The summed E-state index contributed by atoms with van der Waals surface area (Å²) >= 11 is 5.87. The van der Waals surface area contributed by atoms with Crippen LogP contribution in [0.4, 0.5) is 11.4 Å². The van der Waals surface area contributed by atoms with Gasteiger partial charge in [-0.25, -0.2) is 0 Å². The van der Waals surface area contributed by atoms with Gasteiger partial charge in [0.25, 0.3) is 5.91 Å². The van der Waals surface area contributed by atoms with E-state index in [9.17, 15) is 4.79 Å². The summed E-state index contributed by atoms with van der Waals surface area (Å²) in [6, 6.07) is 16.2. The Kier molecular flexibility index (Phi) is 5.18. The third-order valence-electron chi connectivity index (χ3n) is 2.88. The third-order valence-corrected chi connectivity index (χ3v) is 3.12. The molecule has 2 rings (SSSR count). The number of benzene rings is 2. The summed E-state index contributed by atoms with van der Waals surface area (Å²) in [5, 5.41) is 15.2. The van der Waals surface area contributed by atoms with Crippen LogP contribution in [0, 0.1) is 18.3 Å². The molecule has 2 aromatic rings. The minimum Gasteiger partial charge on any atom is -0.360 e. The number of anilines is 2. The molecule has 0 saturated carbocycles. The molecule has 0 fully saturated rings. The van der Waals surface area contributed by atoms with E-state index in [1.165, 1.54) is 6.20 Å². The van der Waals surface area contributed by atoms with E-state index < -0.39 is 5.91 Å². The van der Waals surface area contributed by atoms with Crippen molar-refractivity contribution in [3.05, 3.63) is 70.9 Å². The van der Waals surface area contributed by atoms with Crippen LogP contribution in [0.5, 0.6) is 0 Å². The number of hydrogen-bond donors (Lipinski definition) is 2. The standard InChI is InChI=1S/C17H14ClN3O/c1-12-5-7-15(8-6-12)21-17(22)13(10-19)11-20-16-4-2-3-14(18)9-16/h2-9,11,20H,1H3,(H,21,22)/b13-11-. The zero-order chi connectivity index (χ0) is 15.9. The van der Waals surface area contributed by atoms with E-state index >= 15 is 0 Å². The van der Waals surface area contributed by atoms with Gasteiger partial charge >= 0.3 is 0 Å². The van der Waals surface area contributed by atoms with Gasteiger partial charge in [-0.05, 0) is 37.3 Å². The molecular weight excluding hydrogens is 298 g/mol. The molecule has 0 atom stereocenters. The third kappa shape index (κ3) is 4.37. The van der Waals surface area contributed by atoms with E-state index in [1.54, 1.807) is 36.4 Å². The SMILES string of the molecule is Cc1ccc(NC(=O)/C(C#N)=C\Nc2cccc(Cl)c2)cc1. The smallest absolute Gasteiger partial charge is 0.267 e. The molecule has 0 aliphatic heterocycles. The second kappa shape index (κ2) is 7.30. The largest absolute Gasteiger partial charge is 0.360 e. The van der Waals surface area contributed by atoms with Crippen molar-refractivity contribution in [3.63, 3.8) is 0 Å². The van der Waals surface area contributed by atoms with Crippen LogP contribution < -0.4 is 10.6 Å². The topological polar surface area (TPSA) is 64.9 Å². The van der Waals surface area contributed by atoms with Crippen molar-refractivity contribution < 1.29 is 4.79 Å². The minimum absolute atomic E-state index is 0.0273. The van der Waals surface area contributed by atoms with Crippen molar-refractivity contribution >= 4 is 28.9 Å². The lowest BCUT2D eigenvalue weighted by atomic mass is 10.2. The highest BCUT2D eigenvalue weighted by Crippen LogP contribution is 2.15. The van der Waals surface area contributed by atoms with Gasteiger partial charge < -0.3 is 10.6 Å². The summed E-state index contributed by atoms with van der Waals surface area (Å²) in [5.41, 5.74) is 2.40.